The quantitative estimate of drug-likeness (QED) is 0.614. The van der Waals surface area contributed by atoms with Crippen LogP contribution in [0.15, 0.2) is 6.07 Å². The summed E-state index contributed by atoms with van der Waals surface area (Å²) < 4.78 is 0. The number of carbonyl (C=O) groups excluding carboxylic acids is 1. The van der Waals surface area contributed by atoms with Crippen LogP contribution in [0.25, 0.3) is 0 Å². The third-order valence-corrected chi connectivity index (χ3v) is 2.46. The lowest BCUT2D eigenvalue weighted by molar-refractivity contribution is 0.249. The topological polar surface area (TPSA) is 92.1 Å². The molecule has 0 aromatic carbocycles. The molecule has 0 saturated carbocycles. The van der Waals surface area contributed by atoms with Gasteiger partial charge < -0.3 is 21.7 Å². The molecule has 17 heavy (non-hydrogen) atoms. The minimum atomic E-state index is -0.571. The number of primary amides is 1. The Kier molecular flexibility index (Phi) is 5.11. The fourth-order valence-corrected chi connectivity index (χ4v) is 1.65. The van der Waals surface area contributed by atoms with Gasteiger partial charge in [-0.25, -0.2) is 9.78 Å². The van der Waals surface area contributed by atoms with Crippen LogP contribution in [0.5, 0.6) is 0 Å². The first-order chi connectivity index (χ1) is 8.04. The smallest absolute Gasteiger partial charge is 0.312 e. The summed E-state index contributed by atoms with van der Waals surface area (Å²) in [5.41, 5.74) is 4.92. The zero-order valence-corrected chi connectivity index (χ0v) is 10.7. The van der Waals surface area contributed by atoms with Crippen LogP contribution in [0.3, 0.4) is 0 Å². The number of aromatic nitrogens is 1. The predicted molar refractivity (Wildman–Crippen MR) is 69.9 cm³/mol. The summed E-state index contributed by atoms with van der Waals surface area (Å²) in [6.07, 6.45) is 0. The molecule has 5 N–H and O–H groups in total. The highest BCUT2D eigenvalue weighted by Gasteiger charge is 2.07. The summed E-state index contributed by atoms with van der Waals surface area (Å²) in [7, 11) is 1.71. The normalized spacial score (nSPS) is 9.82. The van der Waals surface area contributed by atoms with Crippen LogP contribution in [0.2, 0.25) is 10.0 Å². The molecule has 2 amide bonds. The van der Waals surface area contributed by atoms with E-state index in [1.54, 1.807) is 13.1 Å². The van der Waals surface area contributed by atoms with Crippen molar-refractivity contribution in [1.82, 2.24) is 10.3 Å². The Bertz CT molecular complexity index is 413. The largest absolute Gasteiger partial charge is 0.372 e. The zero-order valence-electron chi connectivity index (χ0n) is 9.18. The van der Waals surface area contributed by atoms with Crippen LogP contribution in [-0.4, -0.2) is 31.2 Å². The number of nitrogens with two attached hydrogens (primary N) is 1. The van der Waals surface area contributed by atoms with E-state index in [0.29, 0.717) is 34.8 Å². The molecule has 8 heteroatoms. The summed E-state index contributed by atoms with van der Waals surface area (Å²) in [4.78, 5) is 14.6. The lowest BCUT2D eigenvalue weighted by atomic mass is 10.4. The van der Waals surface area contributed by atoms with Gasteiger partial charge in [0, 0.05) is 20.1 Å². The molecule has 1 aromatic rings. The first-order valence-electron chi connectivity index (χ1n) is 4.85. The van der Waals surface area contributed by atoms with Crippen molar-refractivity contribution in [2.24, 2.45) is 5.73 Å². The maximum atomic E-state index is 10.4. The average Bonchev–Trinajstić information content (AvgIpc) is 2.26. The second-order valence-corrected chi connectivity index (χ2v) is 3.93. The Morgan fingerprint density at radius 2 is 2.00 bits per heavy atom. The van der Waals surface area contributed by atoms with Crippen LogP contribution >= 0.6 is 23.2 Å². The first kappa shape index (κ1) is 13.7. The third kappa shape index (κ3) is 4.16. The molecule has 0 unspecified atom stereocenters. The fourth-order valence-electron chi connectivity index (χ4n) is 1.13. The number of rotatable bonds is 5. The van der Waals surface area contributed by atoms with E-state index in [1.165, 1.54) is 0 Å². The number of carbonyl (C=O) groups is 1. The van der Waals surface area contributed by atoms with Gasteiger partial charge in [-0.15, -0.1) is 0 Å². The number of amides is 2. The van der Waals surface area contributed by atoms with Crippen LogP contribution < -0.4 is 21.7 Å². The molecule has 0 atom stereocenters. The molecule has 0 radical (unpaired) electrons. The molecular formula is C9H13Cl2N5O. The molecule has 0 aliphatic heterocycles. The number of nitrogens with zero attached hydrogens (tertiary/aromatic N) is 1. The number of hydrogen-bond acceptors (Lipinski definition) is 4. The Labute approximate surface area is 109 Å². The second kappa shape index (κ2) is 6.36. The van der Waals surface area contributed by atoms with Crippen LogP contribution in [0, 0.1) is 0 Å². The predicted octanol–water partition coefficient (Wildman–Crippen LogP) is 1.51. The zero-order chi connectivity index (χ0) is 12.8. The molecule has 0 spiro atoms. The van der Waals surface area contributed by atoms with Gasteiger partial charge in [0.15, 0.2) is 0 Å². The monoisotopic (exact) mass is 277 g/mol. The van der Waals surface area contributed by atoms with Crippen LogP contribution in [-0.2, 0) is 0 Å². The van der Waals surface area contributed by atoms with Crippen molar-refractivity contribution in [3.8, 4) is 0 Å². The maximum Gasteiger partial charge on any atom is 0.312 e. The SMILES string of the molecule is CNc1nc(NCCNC(N)=O)c(Cl)cc1Cl. The van der Waals surface area contributed by atoms with Crippen molar-refractivity contribution < 1.29 is 4.79 Å². The highest BCUT2D eigenvalue weighted by Crippen LogP contribution is 2.28. The van der Waals surface area contributed by atoms with E-state index in [0.717, 1.165) is 0 Å². The number of pyridine rings is 1. The van der Waals surface area contributed by atoms with Crippen molar-refractivity contribution in [1.29, 1.82) is 0 Å². The number of nitrogens with one attached hydrogen (secondary N) is 3. The molecular weight excluding hydrogens is 265 g/mol. The van der Waals surface area contributed by atoms with E-state index >= 15 is 0 Å². The molecule has 1 heterocycles. The third-order valence-electron chi connectivity index (χ3n) is 1.88. The van der Waals surface area contributed by atoms with Gasteiger partial charge in [-0.1, -0.05) is 23.2 Å². The molecule has 0 aliphatic carbocycles. The van der Waals surface area contributed by atoms with E-state index < -0.39 is 6.03 Å². The molecule has 94 valence electrons. The van der Waals surface area contributed by atoms with E-state index in [4.69, 9.17) is 28.9 Å². The van der Waals surface area contributed by atoms with Crippen LogP contribution in [0.1, 0.15) is 0 Å². The van der Waals surface area contributed by atoms with Gasteiger partial charge in [-0.05, 0) is 6.07 Å². The maximum absolute atomic E-state index is 10.4. The summed E-state index contributed by atoms with van der Waals surface area (Å²) in [5, 5.41) is 9.09. The van der Waals surface area contributed by atoms with Gasteiger partial charge in [0.1, 0.15) is 11.6 Å². The van der Waals surface area contributed by atoms with Gasteiger partial charge in [0.25, 0.3) is 0 Å². The molecule has 0 saturated heterocycles. The lowest BCUT2D eigenvalue weighted by Gasteiger charge is -2.10. The Balaban J connectivity index is 2.61. The number of halogens is 2. The molecule has 1 aromatic heterocycles. The van der Waals surface area contributed by atoms with Crippen molar-refractivity contribution in [2.75, 3.05) is 30.8 Å². The fraction of sp³-hybridized carbons (Fsp3) is 0.333. The van der Waals surface area contributed by atoms with E-state index in [9.17, 15) is 4.79 Å². The molecule has 0 aliphatic rings. The van der Waals surface area contributed by atoms with Gasteiger partial charge in [-0.2, -0.15) is 0 Å². The first-order valence-corrected chi connectivity index (χ1v) is 5.61. The second-order valence-electron chi connectivity index (χ2n) is 3.12. The molecule has 0 fully saturated rings. The molecule has 6 nitrogen and oxygen atoms in total. The summed E-state index contributed by atoms with van der Waals surface area (Å²) in [5.74, 6) is 1.02. The van der Waals surface area contributed by atoms with Crippen molar-refractivity contribution >= 4 is 40.9 Å². The van der Waals surface area contributed by atoms with E-state index in [-0.39, 0.29) is 0 Å². The Morgan fingerprint density at radius 1 is 1.35 bits per heavy atom. The van der Waals surface area contributed by atoms with E-state index in [2.05, 4.69) is 20.9 Å². The van der Waals surface area contributed by atoms with Gasteiger partial charge in [0.05, 0.1) is 10.0 Å². The van der Waals surface area contributed by atoms with Crippen molar-refractivity contribution in [3.63, 3.8) is 0 Å². The van der Waals surface area contributed by atoms with E-state index in [1.807, 2.05) is 0 Å². The van der Waals surface area contributed by atoms with Gasteiger partial charge in [0.2, 0.25) is 0 Å². The van der Waals surface area contributed by atoms with Gasteiger partial charge >= 0.3 is 6.03 Å². The lowest BCUT2D eigenvalue weighted by Crippen LogP contribution is -2.33. The molecule has 1 rings (SSSR count). The highest BCUT2D eigenvalue weighted by molar-refractivity contribution is 6.37. The number of urea groups is 1. The van der Waals surface area contributed by atoms with Gasteiger partial charge in [-0.3, -0.25) is 0 Å². The van der Waals surface area contributed by atoms with Crippen molar-refractivity contribution in [2.45, 2.75) is 0 Å². The molecule has 0 bridgehead atoms. The Morgan fingerprint density at radius 3 is 2.59 bits per heavy atom. The number of anilines is 2. The summed E-state index contributed by atoms with van der Waals surface area (Å²) in [6.45, 7) is 0.839. The van der Waals surface area contributed by atoms with Crippen LogP contribution in [0.4, 0.5) is 16.4 Å². The number of hydrogen-bond donors (Lipinski definition) is 4. The standard InChI is InChI=1S/C9H13Cl2N5O/c1-13-7-5(10)4-6(11)8(16-7)14-2-3-15-9(12)17/h4H,2-3H2,1H3,(H3,12,15,17)(H2,13,14,16). The average molecular weight is 278 g/mol. The minimum Gasteiger partial charge on any atom is -0.372 e. The Hall–Kier alpha value is -1.40. The minimum absolute atomic E-state index is 0.380. The highest BCUT2D eigenvalue weighted by atomic mass is 35.5. The summed E-state index contributed by atoms with van der Waals surface area (Å²) in [6, 6.07) is 1.02. The van der Waals surface area contributed by atoms with Crippen molar-refractivity contribution in [3.05, 3.63) is 16.1 Å². The summed E-state index contributed by atoms with van der Waals surface area (Å²) >= 11 is 11.8.